The van der Waals surface area contributed by atoms with Crippen LogP contribution in [-0.4, -0.2) is 16.1 Å². The van der Waals surface area contributed by atoms with Crippen LogP contribution in [0, 0.1) is 5.41 Å². The molecule has 3 saturated carbocycles. The van der Waals surface area contributed by atoms with E-state index in [9.17, 15) is 4.79 Å². The molecule has 3 fully saturated rings. The highest BCUT2D eigenvalue weighted by Gasteiger charge is 2.66. The van der Waals surface area contributed by atoms with E-state index in [-0.39, 0.29) is 6.09 Å². The standard InChI is InChI=1S/C14H16INO2/c15-14-7-13(8-14,9-14)10-16-12(17)18-6-11-4-2-1-3-5-11/h1-5H,6-10H2,(H,16,17). The number of carbonyl (C=O) groups is 1. The van der Waals surface area contributed by atoms with Gasteiger partial charge in [0.1, 0.15) is 6.61 Å². The Labute approximate surface area is 120 Å². The molecule has 0 aliphatic heterocycles. The summed E-state index contributed by atoms with van der Waals surface area (Å²) in [6, 6.07) is 9.74. The molecule has 3 aliphatic carbocycles. The number of alkyl carbamates (subject to hydrolysis) is 1. The van der Waals surface area contributed by atoms with Crippen molar-refractivity contribution in [3.05, 3.63) is 35.9 Å². The maximum Gasteiger partial charge on any atom is 0.407 e. The van der Waals surface area contributed by atoms with Gasteiger partial charge in [-0.1, -0.05) is 52.9 Å². The van der Waals surface area contributed by atoms with Gasteiger partial charge in [-0.3, -0.25) is 0 Å². The highest BCUT2D eigenvalue weighted by atomic mass is 127. The van der Waals surface area contributed by atoms with Gasteiger partial charge in [-0.05, 0) is 30.2 Å². The number of amides is 1. The van der Waals surface area contributed by atoms with Gasteiger partial charge in [0.25, 0.3) is 0 Å². The van der Waals surface area contributed by atoms with Crippen molar-refractivity contribution in [1.82, 2.24) is 5.32 Å². The first-order valence-electron chi connectivity index (χ1n) is 6.23. The molecule has 4 rings (SSSR count). The van der Waals surface area contributed by atoms with Gasteiger partial charge in [0, 0.05) is 9.97 Å². The Morgan fingerprint density at radius 2 is 1.94 bits per heavy atom. The molecule has 1 aromatic rings. The van der Waals surface area contributed by atoms with Crippen LogP contribution >= 0.6 is 22.6 Å². The molecule has 0 heterocycles. The van der Waals surface area contributed by atoms with Crippen molar-refractivity contribution in [2.24, 2.45) is 5.41 Å². The second kappa shape index (κ2) is 4.40. The molecule has 1 amide bonds. The van der Waals surface area contributed by atoms with Gasteiger partial charge in [-0.2, -0.15) is 0 Å². The summed E-state index contributed by atoms with van der Waals surface area (Å²) in [4.78, 5) is 11.6. The molecule has 2 bridgehead atoms. The fourth-order valence-electron chi connectivity index (χ4n) is 3.08. The highest BCUT2D eigenvalue weighted by Crippen LogP contribution is 2.71. The van der Waals surface area contributed by atoms with Crippen molar-refractivity contribution in [2.45, 2.75) is 29.3 Å². The Balaban J connectivity index is 1.38. The lowest BCUT2D eigenvalue weighted by atomic mass is 9.44. The summed E-state index contributed by atoms with van der Waals surface area (Å²) in [5, 5.41) is 2.89. The number of alkyl halides is 1. The smallest absolute Gasteiger partial charge is 0.407 e. The van der Waals surface area contributed by atoms with E-state index < -0.39 is 0 Å². The van der Waals surface area contributed by atoms with E-state index in [1.165, 1.54) is 19.3 Å². The molecule has 3 nitrogen and oxygen atoms in total. The van der Waals surface area contributed by atoms with Crippen LogP contribution in [0.2, 0.25) is 0 Å². The minimum Gasteiger partial charge on any atom is -0.445 e. The third kappa shape index (κ3) is 2.35. The number of carbonyl (C=O) groups excluding carboxylic acids is 1. The Bertz CT molecular complexity index is 440. The summed E-state index contributed by atoms with van der Waals surface area (Å²) in [5.74, 6) is 0. The fraction of sp³-hybridized carbons (Fsp3) is 0.500. The van der Waals surface area contributed by atoms with Crippen molar-refractivity contribution >= 4 is 28.7 Å². The van der Waals surface area contributed by atoms with Crippen LogP contribution in [0.1, 0.15) is 24.8 Å². The van der Waals surface area contributed by atoms with Crippen LogP contribution in [0.15, 0.2) is 30.3 Å². The average Bonchev–Trinajstić information content (AvgIpc) is 2.31. The Morgan fingerprint density at radius 1 is 1.28 bits per heavy atom. The molecule has 1 N–H and O–H groups in total. The molecule has 1 aromatic carbocycles. The minimum atomic E-state index is -0.300. The molecule has 18 heavy (non-hydrogen) atoms. The molecular formula is C14H16INO2. The predicted molar refractivity (Wildman–Crippen MR) is 77.7 cm³/mol. The lowest BCUT2D eigenvalue weighted by molar-refractivity contribution is -0.0591. The van der Waals surface area contributed by atoms with Crippen molar-refractivity contribution in [3.8, 4) is 0 Å². The van der Waals surface area contributed by atoms with Crippen LogP contribution in [0.5, 0.6) is 0 Å². The Morgan fingerprint density at radius 3 is 2.56 bits per heavy atom. The van der Waals surface area contributed by atoms with Crippen molar-refractivity contribution < 1.29 is 9.53 Å². The second-order valence-electron chi connectivity index (χ2n) is 5.60. The number of rotatable bonds is 4. The van der Waals surface area contributed by atoms with Crippen LogP contribution < -0.4 is 5.32 Å². The Hall–Kier alpha value is -0.780. The number of hydrogen-bond acceptors (Lipinski definition) is 2. The van der Waals surface area contributed by atoms with Crippen molar-refractivity contribution in [1.29, 1.82) is 0 Å². The fourth-order valence-corrected chi connectivity index (χ4v) is 5.51. The zero-order valence-electron chi connectivity index (χ0n) is 10.1. The molecule has 0 radical (unpaired) electrons. The quantitative estimate of drug-likeness (QED) is 0.664. The van der Waals surface area contributed by atoms with Crippen LogP contribution in [0.25, 0.3) is 0 Å². The zero-order valence-corrected chi connectivity index (χ0v) is 12.3. The van der Waals surface area contributed by atoms with Crippen LogP contribution in [0.3, 0.4) is 0 Å². The summed E-state index contributed by atoms with van der Waals surface area (Å²) in [6.07, 6.45) is 3.45. The van der Waals surface area contributed by atoms with E-state index in [0.717, 1.165) is 12.1 Å². The van der Waals surface area contributed by atoms with E-state index >= 15 is 0 Å². The number of hydrogen-bond donors (Lipinski definition) is 1. The molecule has 0 aromatic heterocycles. The first kappa shape index (κ1) is 12.3. The maximum absolute atomic E-state index is 11.6. The summed E-state index contributed by atoms with van der Waals surface area (Å²) in [7, 11) is 0. The van der Waals surface area contributed by atoms with E-state index in [4.69, 9.17) is 4.74 Å². The lowest BCUT2D eigenvalue weighted by Crippen LogP contribution is -2.66. The van der Waals surface area contributed by atoms with Crippen LogP contribution in [-0.2, 0) is 11.3 Å². The van der Waals surface area contributed by atoms with Crippen molar-refractivity contribution in [3.63, 3.8) is 0 Å². The molecule has 96 valence electrons. The van der Waals surface area contributed by atoms with Gasteiger partial charge >= 0.3 is 6.09 Å². The zero-order chi connectivity index (χ0) is 12.6. The molecule has 0 atom stereocenters. The lowest BCUT2D eigenvalue weighted by Gasteiger charge is -2.68. The van der Waals surface area contributed by atoms with Gasteiger partial charge in [0.2, 0.25) is 0 Å². The molecule has 0 spiro atoms. The SMILES string of the molecule is O=C(NCC12CC(I)(C1)C2)OCc1ccccc1. The summed E-state index contributed by atoms with van der Waals surface area (Å²) >= 11 is 2.54. The highest BCUT2D eigenvalue weighted by molar-refractivity contribution is 14.1. The molecule has 0 unspecified atom stereocenters. The largest absolute Gasteiger partial charge is 0.445 e. The minimum absolute atomic E-state index is 0.300. The molecule has 3 aliphatic rings. The average molecular weight is 357 g/mol. The normalized spacial score (nSPS) is 32.1. The molecular weight excluding hydrogens is 341 g/mol. The monoisotopic (exact) mass is 357 g/mol. The number of nitrogens with one attached hydrogen (secondary N) is 1. The molecule has 4 heteroatoms. The van der Waals surface area contributed by atoms with Gasteiger partial charge < -0.3 is 10.1 Å². The maximum atomic E-state index is 11.6. The third-order valence-electron chi connectivity index (χ3n) is 3.90. The third-order valence-corrected chi connectivity index (χ3v) is 5.04. The topological polar surface area (TPSA) is 38.3 Å². The number of halogens is 1. The molecule has 0 saturated heterocycles. The summed E-state index contributed by atoms with van der Waals surface area (Å²) in [5.41, 5.74) is 1.41. The Kier molecular flexibility index (Phi) is 3.00. The first-order valence-corrected chi connectivity index (χ1v) is 7.31. The first-order chi connectivity index (χ1) is 8.59. The predicted octanol–water partition coefficient (Wildman–Crippen LogP) is 3.27. The number of ether oxygens (including phenoxy) is 1. The van der Waals surface area contributed by atoms with E-state index in [1.807, 2.05) is 30.3 Å². The van der Waals surface area contributed by atoms with E-state index in [2.05, 4.69) is 27.9 Å². The van der Waals surface area contributed by atoms with Gasteiger partial charge in [-0.25, -0.2) is 4.79 Å². The second-order valence-corrected chi connectivity index (χ2v) is 7.88. The van der Waals surface area contributed by atoms with E-state index in [1.54, 1.807) is 0 Å². The van der Waals surface area contributed by atoms with Gasteiger partial charge in [0.05, 0.1) is 0 Å². The van der Waals surface area contributed by atoms with E-state index in [0.29, 0.717) is 15.4 Å². The van der Waals surface area contributed by atoms with Crippen LogP contribution in [0.4, 0.5) is 4.79 Å². The van der Waals surface area contributed by atoms with Crippen molar-refractivity contribution in [2.75, 3.05) is 6.54 Å². The van der Waals surface area contributed by atoms with Gasteiger partial charge in [-0.15, -0.1) is 0 Å². The summed E-state index contributed by atoms with van der Waals surface area (Å²) < 4.78 is 5.75. The number of benzene rings is 1. The summed E-state index contributed by atoms with van der Waals surface area (Å²) in [6.45, 7) is 1.11. The van der Waals surface area contributed by atoms with Gasteiger partial charge in [0.15, 0.2) is 0 Å².